The minimum atomic E-state index is -1.50. The molecule has 2 rings (SSSR count). The summed E-state index contributed by atoms with van der Waals surface area (Å²) in [6, 6.07) is 0. The van der Waals surface area contributed by atoms with Crippen LogP contribution in [0.15, 0.2) is 30.9 Å². The van der Waals surface area contributed by atoms with E-state index in [0.29, 0.717) is 11.7 Å². The molecule has 14 nitrogen and oxygen atoms in total. The Labute approximate surface area is 84.5 Å². The molecule has 0 amide bonds. The van der Waals surface area contributed by atoms with E-state index in [4.69, 9.17) is 30.6 Å². The van der Waals surface area contributed by atoms with Gasteiger partial charge < -0.3 is 10.4 Å². The van der Waals surface area contributed by atoms with Crippen molar-refractivity contribution in [3.05, 3.63) is 20.2 Å². The summed E-state index contributed by atoms with van der Waals surface area (Å²) in [4.78, 5) is 16.7. The van der Waals surface area contributed by atoms with Crippen LogP contribution in [0.25, 0.3) is 0 Å². The topological polar surface area (TPSA) is 201 Å². The van der Waals surface area contributed by atoms with E-state index in [1.54, 1.807) is 0 Å². The van der Waals surface area contributed by atoms with Gasteiger partial charge in [-0.3, -0.25) is 0 Å². The van der Waals surface area contributed by atoms with Crippen LogP contribution in [0.4, 0.5) is 0 Å². The molecule has 16 heavy (non-hydrogen) atoms. The average Bonchev–Trinajstić information content (AvgIpc) is 2.58. The summed E-state index contributed by atoms with van der Waals surface area (Å²) in [6.07, 6.45) is 0. The van der Waals surface area contributed by atoms with Gasteiger partial charge in [-0.25, -0.2) is 0 Å². The lowest BCUT2D eigenvalue weighted by Gasteiger charge is -1.69. The van der Waals surface area contributed by atoms with Crippen molar-refractivity contribution in [2.75, 3.05) is 0 Å². The van der Waals surface area contributed by atoms with Gasteiger partial charge in [0.25, 0.3) is 10.2 Å². The number of nitrogens with zero attached hydrogens (tertiary/aromatic N) is 8. The molecule has 0 saturated carbocycles. The van der Waals surface area contributed by atoms with E-state index in [0.717, 1.165) is 0 Å². The van der Waals surface area contributed by atoms with E-state index in [1.165, 1.54) is 0 Å². The molecule has 14 heteroatoms. The Hall–Kier alpha value is -3.06. The standard InChI is InChI=1S/C2N6.2HNO3/c3-1-2(5-7-3)6-8-4-1;2*2-1(3)4/h;2*(H,2,3,4). The van der Waals surface area contributed by atoms with Crippen molar-refractivity contribution in [2.45, 2.75) is 0 Å². The highest BCUT2D eigenvalue weighted by atomic mass is 16.9. The molecule has 2 N–H and O–H groups in total. The first-order valence-electron chi connectivity index (χ1n) is 3.07. The van der Waals surface area contributed by atoms with Crippen molar-refractivity contribution in [3.8, 4) is 0 Å². The van der Waals surface area contributed by atoms with Crippen molar-refractivity contribution in [3.63, 3.8) is 0 Å². The van der Waals surface area contributed by atoms with Crippen molar-refractivity contribution in [1.82, 2.24) is 0 Å². The average molecular weight is 234 g/mol. The van der Waals surface area contributed by atoms with Gasteiger partial charge in [0.05, 0.1) is 0 Å². The van der Waals surface area contributed by atoms with Gasteiger partial charge in [-0.1, -0.05) is 0 Å². The van der Waals surface area contributed by atoms with Gasteiger partial charge in [0, 0.05) is 0 Å². The van der Waals surface area contributed by atoms with E-state index in [1.807, 2.05) is 0 Å². The third-order valence-electron chi connectivity index (χ3n) is 0.758. The summed E-state index contributed by atoms with van der Waals surface area (Å²) < 4.78 is 0. The third-order valence-corrected chi connectivity index (χ3v) is 0.758. The highest BCUT2D eigenvalue weighted by molar-refractivity contribution is 6.42. The van der Waals surface area contributed by atoms with Crippen LogP contribution in [0.1, 0.15) is 0 Å². The molecule has 0 radical (unpaired) electrons. The first-order chi connectivity index (χ1) is 7.43. The first-order valence-corrected chi connectivity index (χ1v) is 3.07. The second-order valence-electron chi connectivity index (χ2n) is 1.70. The zero-order chi connectivity index (χ0) is 12.6. The molecule has 0 bridgehead atoms. The molecule has 2 heterocycles. The van der Waals surface area contributed by atoms with Gasteiger partial charge in [-0.2, -0.15) is 0 Å². The number of hydrogen-bond donors (Lipinski definition) is 2. The normalized spacial score (nSPS) is 13.5. The monoisotopic (exact) mass is 234 g/mol. The van der Waals surface area contributed by atoms with Crippen LogP contribution < -0.4 is 0 Å². The van der Waals surface area contributed by atoms with Crippen LogP contribution in [-0.2, 0) is 0 Å². The largest absolute Gasteiger partial charge is 0.328 e. The van der Waals surface area contributed by atoms with Crippen LogP contribution in [0, 0.1) is 20.2 Å². The summed E-state index contributed by atoms with van der Waals surface area (Å²) in [7, 11) is 0. The predicted molar refractivity (Wildman–Crippen MR) is 42.1 cm³/mol. The van der Waals surface area contributed by atoms with Crippen LogP contribution >= 0.6 is 0 Å². The Morgan fingerprint density at radius 2 is 1.12 bits per heavy atom. The Morgan fingerprint density at radius 3 is 1.38 bits per heavy atom. The molecular formula is C2H2N8O6. The molecule has 0 aromatic carbocycles. The minimum Gasteiger partial charge on any atom is -0.328 e. The van der Waals surface area contributed by atoms with Gasteiger partial charge >= 0.3 is 0 Å². The van der Waals surface area contributed by atoms with Crippen LogP contribution in [-0.4, -0.2) is 32.3 Å². The molecule has 0 unspecified atom stereocenters. The lowest BCUT2D eigenvalue weighted by atomic mass is 10.6. The fourth-order valence-electron chi connectivity index (χ4n) is 0.433. The summed E-state index contributed by atoms with van der Waals surface area (Å²) >= 11 is 0. The van der Waals surface area contributed by atoms with Gasteiger partial charge in [0.15, 0.2) is 0 Å². The molecule has 2 aliphatic rings. The number of fused-ring (bicyclic) bond motifs is 1. The first kappa shape index (κ1) is 12.9. The molecular weight excluding hydrogens is 232 g/mol. The van der Waals surface area contributed by atoms with E-state index >= 15 is 0 Å². The maximum Gasteiger partial charge on any atom is 0.291 e. The zero-order valence-corrected chi connectivity index (χ0v) is 7.11. The molecule has 86 valence electrons. The summed E-state index contributed by atoms with van der Waals surface area (Å²) in [5.41, 5.74) is 0. The molecule has 0 aliphatic carbocycles. The quantitative estimate of drug-likeness (QED) is 0.430. The maximum atomic E-state index is 8.36. The molecule has 0 aromatic heterocycles. The highest BCUT2D eigenvalue weighted by Crippen LogP contribution is 2.06. The van der Waals surface area contributed by atoms with Gasteiger partial charge in [0.1, 0.15) is 0 Å². The van der Waals surface area contributed by atoms with E-state index in [9.17, 15) is 0 Å². The number of amidine groups is 2. The van der Waals surface area contributed by atoms with E-state index in [-0.39, 0.29) is 0 Å². The van der Waals surface area contributed by atoms with Crippen molar-refractivity contribution < 1.29 is 20.6 Å². The number of hydrogen-bond acceptors (Lipinski definition) is 10. The van der Waals surface area contributed by atoms with Crippen molar-refractivity contribution >= 4 is 11.7 Å². The van der Waals surface area contributed by atoms with Crippen LogP contribution in [0.2, 0.25) is 0 Å². The fourth-order valence-corrected chi connectivity index (χ4v) is 0.433. The Kier molecular flexibility index (Phi) is 5.18. The minimum absolute atomic E-state index is 0.407. The Bertz CT molecular complexity index is 347. The van der Waals surface area contributed by atoms with E-state index < -0.39 is 10.2 Å². The lowest BCUT2D eigenvalue weighted by Crippen LogP contribution is -1.97. The zero-order valence-electron chi connectivity index (χ0n) is 7.11. The van der Waals surface area contributed by atoms with Crippen LogP contribution in [0.3, 0.4) is 0 Å². The van der Waals surface area contributed by atoms with Gasteiger partial charge in [0.2, 0.25) is 11.7 Å². The maximum absolute atomic E-state index is 8.36. The van der Waals surface area contributed by atoms with Crippen LogP contribution in [0.5, 0.6) is 0 Å². The van der Waals surface area contributed by atoms with Crippen molar-refractivity contribution in [1.29, 1.82) is 0 Å². The molecule has 2 aliphatic heterocycles. The van der Waals surface area contributed by atoms with E-state index in [2.05, 4.69) is 30.9 Å². The summed E-state index contributed by atoms with van der Waals surface area (Å²) in [5, 5.41) is 47.8. The van der Waals surface area contributed by atoms with Gasteiger partial charge in [-0.05, 0) is 10.4 Å². The Balaban J connectivity index is 0.000000244. The SMILES string of the molecule is N1=NC2=NN=NC2=N1.O=[N+]([O-])O.O=[N+]([O-])O. The Morgan fingerprint density at radius 1 is 0.875 bits per heavy atom. The smallest absolute Gasteiger partial charge is 0.291 e. The summed E-state index contributed by atoms with van der Waals surface area (Å²) in [6.45, 7) is 0. The second kappa shape index (κ2) is 6.40. The van der Waals surface area contributed by atoms with Gasteiger partial charge in [-0.15, -0.1) is 40.7 Å². The number of rotatable bonds is 0. The molecule has 0 atom stereocenters. The predicted octanol–water partition coefficient (Wildman–Crippen LogP) is -0.150. The second-order valence-corrected chi connectivity index (χ2v) is 1.70. The summed E-state index contributed by atoms with van der Waals surface area (Å²) in [5.74, 6) is 0.815. The molecule has 0 fully saturated rings. The highest BCUT2D eigenvalue weighted by Gasteiger charge is 2.17. The molecule has 0 saturated heterocycles. The lowest BCUT2D eigenvalue weighted by molar-refractivity contribution is -0.742. The molecule has 0 spiro atoms. The third kappa shape index (κ3) is 6.46. The fraction of sp³-hybridized carbons (Fsp3) is 0. The van der Waals surface area contributed by atoms with Crippen molar-refractivity contribution in [2.24, 2.45) is 30.9 Å². The molecule has 0 aromatic rings.